The van der Waals surface area contributed by atoms with E-state index < -0.39 is 35.6 Å². The zero-order chi connectivity index (χ0) is 22.3. The van der Waals surface area contributed by atoms with E-state index in [1.807, 2.05) is 12.1 Å². The summed E-state index contributed by atoms with van der Waals surface area (Å²) in [6.45, 7) is 3.89. The summed E-state index contributed by atoms with van der Waals surface area (Å²) in [5.74, 6) is -1.90. The average molecular weight is 444 g/mol. The molecule has 3 amide bonds. The van der Waals surface area contributed by atoms with Gasteiger partial charge in [0.15, 0.2) is 12.1 Å². The molecule has 2 unspecified atom stereocenters. The van der Waals surface area contributed by atoms with Crippen molar-refractivity contribution in [2.45, 2.75) is 31.8 Å². The van der Waals surface area contributed by atoms with Gasteiger partial charge in [0, 0.05) is 5.69 Å². The van der Waals surface area contributed by atoms with Crippen LogP contribution in [0.2, 0.25) is 5.02 Å². The van der Waals surface area contributed by atoms with Crippen LogP contribution in [-0.4, -0.2) is 41.4 Å². The van der Waals surface area contributed by atoms with E-state index in [2.05, 4.69) is 29.5 Å². The number of nitrogens with zero attached hydrogens (tertiary/aromatic N) is 4. The third kappa shape index (κ3) is 3.88. The number of carbonyl (C=O) groups excluding carboxylic acids is 3. The van der Waals surface area contributed by atoms with E-state index in [9.17, 15) is 18.8 Å². The lowest BCUT2D eigenvalue weighted by atomic mass is 10.0. The van der Waals surface area contributed by atoms with Crippen LogP contribution in [0.1, 0.15) is 25.3 Å². The lowest BCUT2D eigenvalue weighted by Gasteiger charge is -2.20. The molecule has 0 spiro atoms. The van der Waals surface area contributed by atoms with Crippen molar-refractivity contribution in [3.05, 3.63) is 58.9 Å². The lowest BCUT2D eigenvalue weighted by molar-refractivity contribution is -0.123. The van der Waals surface area contributed by atoms with Crippen molar-refractivity contribution >= 4 is 40.7 Å². The molecule has 2 aliphatic rings. The molecule has 10 heteroatoms. The summed E-state index contributed by atoms with van der Waals surface area (Å²) < 4.78 is 13.5. The van der Waals surface area contributed by atoms with Gasteiger partial charge in [-0.05, 0) is 41.8 Å². The minimum Gasteiger partial charge on any atom is -0.324 e. The Bertz CT molecular complexity index is 1090. The van der Waals surface area contributed by atoms with Crippen molar-refractivity contribution in [1.82, 2.24) is 5.01 Å². The molecule has 0 radical (unpaired) electrons. The van der Waals surface area contributed by atoms with Crippen molar-refractivity contribution in [1.29, 1.82) is 0 Å². The molecular weight excluding hydrogens is 425 g/mol. The fourth-order valence-electron chi connectivity index (χ4n) is 3.53. The smallest absolute Gasteiger partial charge is 0.263 e. The van der Waals surface area contributed by atoms with Crippen LogP contribution in [0.4, 0.5) is 15.8 Å². The fourth-order valence-corrected chi connectivity index (χ4v) is 3.71. The van der Waals surface area contributed by atoms with Gasteiger partial charge in [0.25, 0.3) is 11.8 Å². The van der Waals surface area contributed by atoms with Gasteiger partial charge >= 0.3 is 0 Å². The summed E-state index contributed by atoms with van der Waals surface area (Å²) in [4.78, 5) is 39.0. The summed E-state index contributed by atoms with van der Waals surface area (Å²) in [7, 11) is 0. The van der Waals surface area contributed by atoms with Gasteiger partial charge < -0.3 is 5.32 Å². The Labute approximate surface area is 182 Å². The third-order valence-corrected chi connectivity index (χ3v) is 5.48. The van der Waals surface area contributed by atoms with Gasteiger partial charge in [-0.3, -0.25) is 19.4 Å². The van der Waals surface area contributed by atoms with Crippen molar-refractivity contribution in [2.75, 3.05) is 16.8 Å². The number of halogens is 2. The number of anilines is 2. The molecule has 0 bridgehead atoms. The zero-order valence-electron chi connectivity index (χ0n) is 16.8. The topological polar surface area (TPSA) is 94.4 Å². The molecule has 0 aliphatic carbocycles. The van der Waals surface area contributed by atoms with Crippen LogP contribution < -0.4 is 10.2 Å². The van der Waals surface area contributed by atoms with E-state index in [-0.39, 0.29) is 17.3 Å². The molecule has 8 nitrogen and oxygen atoms in total. The van der Waals surface area contributed by atoms with Gasteiger partial charge in [0.1, 0.15) is 12.4 Å². The van der Waals surface area contributed by atoms with Crippen molar-refractivity contribution in [3.63, 3.8) is 0 Å². The number of imide groups is 1. The molecule has 0 aromatic heterocycles. The molecule has 2 aromatic rings. The number of hydrogen-bond acceptors (Lipinski definition) is 6. The van der Waals surface area contributed by atoms with Gasteiger partial charge in [-0.1, -0.05) is 42.8 Å². The highest BCUT2D eigenvalue weighted by Crippen LogP contribution is 2.33. The number of benzene rings is 2. The SMILES string of the molecule is CC(C)c1ccc(NC(=O)CN2N=NC3C(=O)N(c4ccc(F)c(Cl)c4)C(=O)C32)cc1. The minimum absolute atomic E-state index is 0.139. The van der Waals surface area contributed by atoms with E-state index in [0.29, 0.717) is 11.6 Å². The Kier molecular flexibility index (Phi) is 5.45. The van der Waals surface area contributed by atoms with Gasteiger partial charge in [-0.25, -0.2) is 9.29 Å². The quantitative estimate of drug-likeness (QED) is 0.715. The van der Waals surface area contributed by atoms with Crippen molar-refractivity contribution < 1.29 is 18.8 Å². The molecule has 1 saturated heterocycles. The summed E-state index contributed by atoms with van der Waals surface area (Å²) >= 11 is 5.78. The van der Waals surface area contributed by atoms with Crippen LogP contribution in [0.25, 0.3) is 0 Å². The third-order valence-electron chi connectivity index (χ3n) is 5.19. The van der Waals surface area contributed by atoms with Crippen LogP contribution in [0.5, 0.6) is 0 Å². The maximum absolute atomic E-state index is 13.5. The molecule has 1 fully saturated rings. The van der Waals surface area contributed by atoms with E-state index in [0.717, 1.165) is 16.5 Å². The van der Waals surface area contributed by atoms with E-state index in [1.54, 1.807) is 12.1 Å². The summed E-state index contributed by atoms with van der Waals surface area (Å²) in [5, 5.41) is 11.4. The Hall–Kier alpha value is -3.33. The second kappa shape index (κ2) is 8.07. The molecule has 2 atom stereocenters. The molecule has 2 heterocycles. The number of fused-ring (bicyclic) bond motifs is 1. The highest BCUT2D eigenvalue weighted by molar-refractivity contribution is 6.32. The Morgan fingerprint density at radius 3 is 2.52 bits per heavy atom. The largest absolute Gasteiger partial charge is 0.324 e. The number of nitrogens with one attached hydrogen (secondary N) is 1. The predicted molar refractivity (Wildman–Crippen MR) is 112 cm³/mol. The molecule has 2 aromatic carbocycles. The highest BCUT2D eigenvalue weighted by Gasteiger charge is 2.55. The minimum atomic E-state index is -1.06. The Morgan fingerprint density at radius 2 is 1.87 bits per heavy atom. The lowest BCUT2D eigenvalue weighted by Crippen LogP contribution is -2.43. The summed E-state index contributed by atoms with van der Waals surface area (Å²) in [5.41, 5.74) is 1.89. The van der Waals surface area contributed by atoms with Gasteiger partial charge in [0.05, 0.1) is 10.7 Å². The standard InChI is InChI=1S/C21H19ClFN5O3/c1-11(2)12-3-5-13(6-4-12)24-17(29)10-27-19-18(25-26-27)20(30)28(21(19)31)14-7-8-16(23)15(22)9-14/h3-9,11,18-19H,10H2,1-2H3,(H,24,29). The number of hydrogen-bond donors (Lipinski definition) is 1. The highest BCUT2D eigenvalue weighted by atomic mass is 35.5. The molecule has 1 N–H and O–H groups in total. The normalized spacial score (nSPS) is 20.0. The van der Waals surface area contributed by atoms with Crippen LogP contribution in [0.15, 0.2) is 52.8 Å². The second-order valence-corrected chi connectivity index (χ2v) is 8.03. The van der Waals surface area contributed by atoms with Gasteiger partial charge in [0.2, 0.25) is 5.91 Å². The maximum Gasteiger partial charge on any atom is 0.263 e. The van der Waals surface area contributed by atoms with Crippen LogP contribution in [0.3, 0.4) is 0 Å². The first-order chi connectivity index (χ1) is 14.8. The fraction of sp³-hybridized carbons (Fsp3) is 0.286. The summed E-state index contributed by atoms with van der Waals surface area (Å²) in [6, 6.07) is 8.91. The number of rotatable bonds is 5. The second-order valence-electron chi connectivity index (χ2n) is 7.63. The van der Waals surface area contributed by atoms with Crippen LogP contribution in [0, 0.1) is 5.82 Å². The zero-order valence-corrected chi connectivity index (χ0v) is 17.5. The summed E-state index contributed by atoms with van der Waals surface area (Å²) in [6.07, 6.45) is 0. The monoisotopic (exact) mass is 443 g/mol. The van der Waals surface area contributed by atoms with Gasteiger partial charge in [-0.15, -0.1) is 0 Å². The van der Waals surface area contributed by atoms with Gasteiger partial charge in [-0.2, -0.15) is 5.11 Å². The average Bonchev–Trinajstić information content (AvgIpc) is 3.24. The first-order valence-electron chi connectivity index (χ1n) is 9.66. The van der Waals surface area contributed by atoms with Crippen molar-refractivity contribution in [2.24, 2.45) is 10.3 Å². The maximum atomic E-state index is 13.5. The molecule has 0 saturated carbocycles. The van der Waals surface area contributed by atoms with E-state index in [4.69, 9.17) is 11.6 Å². The van der Waals surface area contributed by atoms with E-state index in [1.165, 1.54) is 17.1 Å². The van der Waals surface area contributed by atoms with Crippen molar-refractivity contribution in [3.8, 4) is 0 Å². The molecule has 4 rings (SSSR count). The molecular formula is C21H19ClFN5O3. The van der Waals surface area contributed by atoms with E-state index >= 15 is 0 Å². The first kappa shape index (κ1) is 20.9. The molecule has 31 heavy (non-hydrogen) atoms. The number of amides is 3. The first-order valence-corrected chi connectivity index (χ1v) is 10.0. The Balaban J connectivity index is 1.46. The van der Waals surface area contributed by atoms with Crippen LogP contribution in [-0.2, 0) is 14.4 Å². The molecule has 2 aliphatic heterocycles. The molecule has 160 valence electrons. The van der Waals surface area contributed by atoms with Crippen LogP contribution >= 0.6 is 11.6 Å². The Morgan fingerprint density at radius 1 is 1.16 bits per heavy atom. The number of carbonyl (C=O) groups is 3. The predicted octanol–water partition coefficient (Wildman–Crippen LogP) is 3.53.